The topological polar surface area (TPSA) is 79.2 Å². The highest BCUT2D eigenvalue weighted by molar-refractivity contribution is 6.06. The quantitative estimate of drug-likeness (QED) is 0.450. The van der Waals surface area contributed by atoms with Crippen molar-refractivity contribution in [1.29, 1.82) is 0 Å². The van der Waals surface area contributed by atoms with Crippen LogP contribution in [0.2, 0.25) is 0 Å². The van der Waals surface area contributed by atoms with Crippen molar-refractivity contribution < 1.29 is 14.3 Å². The van der Waals surface area contributed by atoms with Crippen LogP contribution in [0.4, 0.5) is 16.0 Å². The number of phenols is 1. The van der Waals surface area contributed by atoms with Crippen molar-refractivity contribution in [1.82, 2.24) is 9.55 Å². The molecule has 7 heteroatoms. The van der Waals surface area contributed by atoms with Crippen molar-refractivity contribution in [2.75, 3.05) is 10.6 Å². The highest BCUT2D eigenvalue weighted by Crippen LogP contribution is 2.42. The Balaban J connectivity index is 1.67. The Morgan fingerprint density at radius 1 is 1.06 bits per heavy atom. The fraction of sp³-hybridized carbons (Fsp3) is 0.0833. The van der Waals surface area contributed by atoms with Crippen molar-refractivity contribution in [2.45, 2.75) is 13.0 Å². The van der Waals surface area contributed by atoms with Gasteiger partial charge in [-0.15, -0.1) is 0 Å². The third kappa shape index (κ3) is 3.20. The van der Waals surface area contributed by atoms with E-state index in [4.69, 9.17) is 0 Å². The zero-order valence-electron chi connectivity index (χ0n) is 16.6. The van der Waals surface area contributed by atoms with E-state index in [-0.39, 0.29) is 17.5 Å². The zero-order valence-corrected chi connectivity index (χ0v) is 16.6. The molecule has 3 N–H and O–H groups in total. The van der Waals surface area contributed by atoms with Crippen LogP contribution in [0.25, 0.3) is 11.0 Å². The number of carbonyl (C=O) groups is 1. The lowest BCUT2D eigenvalue weighted by Gasteiger charge is -2.31. The molecule has 1 atom stereocenters. The number of hydrogen-bond donors (Lipinski definition) is 3. The number of benzene rings is 3. The summed E-state index contributed by atoms with van der Waals surface area (Å²) in [6, 6.07) is 19.6. The van der Waals surface area contributed by atoms with Gasteiger partial charge in [-0.3, -0.25) is 9.36 Å². The van der Waals surface area contributed by atoms with Crippen LogP contribution in [-0.2, 0) is 4.79 Å². The first-order chi connectivity index (χ1) is 15.0. The number of aromatic nitrogens is 2. The average molecular weight is 414 g/mol. The monoisotopic (exact) mass is 414 g/mol. The van der Waals surface area contributed by atoms with Crippen molar-refractivity contribution in [3.63, 3.8) is 0 Å². The number of amides is 1. The van der Waals surface area contributed by atoms with E-state index in [2.05, 4.69) is 15.6 Å². The molecular formula is C24H19FN4O2. The largest absolute Gasteiger partial charge is 0.508 e. The Morgan fingerprint density at radius 2 is 1.77 bits per heavy atom. The summed E-state index contributed by atoms with van der Waals surface area (Å²) in [5, 5.41) is 16.7. The van der Waals surface area contributed by atoms with Gasteiger partial charge in [0.15, 0.2) is 0 Å². The second-order valence-electron chi connectivity index (χ2n) is 7.38. The van der Waals surface area contributed by atoms with Crippen LogP contribution in [0.3, 0.4) is 0 Å². The van der Waals surface area contributed by atoms with Crippen LogP contribution in [0.5, 0.6) is 5.75 Å². The van der Waals surface area contributed by atoms with Crippen LogP contribution in [0.15, 0.2) is 84.1 Å². The highest BCUT2D eigenvalue weighted by atomic mass is 19.1. The third-order valence-electron chi connectivity index (χ3n) is 5.41. The van der Waals surface area contributed by atoms with Crippen LogP contribution < -0.4 is 10.6 Å². The minimum atomic E-state index is -0.606. The molecule has 1 amide bonds. The smallest absolute Gasteiger partial charge is 0.255 e. The Hall–Kier alpha value is -4.13. The lowest BCUT2D eigenvalue weighted by atomic mass is 9.93. The van der Waals surface area contributed by atoms with Crippen LogP contribution in [0, 0.1) is 5.82 Å². The lowest BCUT2D eigenvalue weighted by molar-refractivity contribution is -0.113. The standard InChI is InChI=1S/C24H19FN4O2/c1-14-21(23(31)27-16-12-10-15(25)11-13-16)22(17-6-2-5-9-20(17)30)29-19-8-4-3-7-18(19)28-24(29)26-14/h2-13,22,30H,1H3,(H,26,28)(H,27,31). The third-order valence-corrected chi connectivity index (χ3v) is 5.41. The molecule has 2 heterocycles. The molecule has 1 aliphatic rings. The number of imidazole rings is 1. The van der Waals surface area contributed by atoms with Gasteiger partial charge in [0, 0.05) is 16.9 Å². The summed E-state index contributed by atoms with van der Waals surface area (Å²) in [5.74, 6) is -0.0640. The van der Waals surface area contributed by atoms with Crippen LogP contribution in [-0.4, -0.2) is 20.6 Å². The van der Waals surface area contributed by atoms with E-state index >= 15 is 0 Å². The molecule has 0 spiro atoms. The second-order valence-corrected chi connectivity index (χ2v) is 7.38. The fourth-order valence-electron chi connectivity index (χ4n) is 4.00. The van der Waals surface area contributed by atoms with Crippen LogP contribution in [0.1, 0.15) is 18.5 Å². The van der Waals surface area contributed by atoms with Gasteiger partial charge in [-0.05, 0) is 49.4 Å². The number of allylic oxidation sites excluding steroid dienone is 1. The maximum Gasteiger partial charge on any atom is 0.255 e. The summed E-state index contributed by atoms with van der Waals surface area (Å²) in [5.41, 5.74) is 3.72. The summed E-state index contributed by atoms with van der Waals surface area (Å²) >= 11 is 0. The summed E-state index contributed by atoms with van der Waals surface area (Å²) in [6.07, 6.45) is 0. The van der Waals surface area contributed by atoms with E-state index in [1.54, 1.807) is 25.1 Å². The number of phenolic OH excluding ortho intramolecular Hbond substituents is 1. The number of nitrogens with zero attached hydrogens (tertiary/aromatic N) is 2. The van der Waals surface area contributed by atoms with Gasteiger partial charge in [-0.25, -0.2) is 9.37 Å². The molecule has 0 fully saturated rings. The molecule has 5 rings (SSSR count). The van der Waals surface area contributed by atoms with E-state index < -0.39 is 6.04 Å². The highest BCUT2D eigenvalue weighted by Gasteiger charge is 2.35. The molecule has 1 aromatic heterocycles. The number of halogens is 1. The van der Waals surface area contributed by atoms with Gasteiger partial charge in [-0.1, -0.05) is 30.3 Å². The van der Waals surface area contributed by atoms with Gasteiger partial charge in [0.2, 0.25) is 5.95 Å². The minimum absolute atomic E-state index is 0.0815. The number of rotatable bonds is 3. The molecule has 0 aliphatic carbocycles. The normalized spacial score (nSPS) is 15.5. The molecule has 0 radical (unpaired) electrons. The first-order valence-electron chi connectivity index (χ1n) is 9.82. The average Bonchev–Trinajstić information content (AvgIpc) is 3.12. The molecule has 1 aliphatic heterocycles. The number of anilines is 2. The molecule has 0 bridgehead atoms. The van der Waals surface area contributed by atoms with Crippen LogP contribution >= 0.6 is 0 Å². The number of fused-ring (bicyclic) bond motifs is 3. The summed E-state index contributed by atoms with van der Waals surface area (Å²) in [6.45, 7) is 1.80. The van der Waals surface area contributed by atoms with Crippen molar-refractivity contribution >= 4 is 28.6 Å². The number of nitrogens with one attached hydrogen (secondary N) is 2. The second kappa shape index (κ2) is 7.28. The van der Waals surface area contributed by atoms with Gasteiger partial charge < -0.3 is 15.7 Å². The van der Waals surface area contributed by atoms with Crippen molar-refractivity contribution in [3.8, 4) is 5.75 Å². The van der Waals surface area contributed by atoms with E-state index in [1.807, 2.05) is 34.9 Å². The van der Waals surface area contributed by atoms with E-state index in [0.29, 0.717) is 28.5 Å². The molecule has 0 saturated carbocycles. The molecule has 0 saturated heterocycles. The first kappa shape index (κ1) is 18.9. The lowest BCUT2D eigenvalue weighted by Crippen LogP contribution is -2.31. The Bertz CT molecular complexity index is 1340. The van der Waals surface area contributed by atoms with E-state index in [0.717, 1.165) is 11.0 Å². The molecule has 3 aromatic carbocycles. The Kier molecular flexibility index (Phi) is 4.43. The maximum absolute atomic E-state index is 13.4. The number of aromatic hydroxyl groups is 1. The Labute approximate surface area is 177 Å². The molecule has 154 valence electrons. The molecule has 6 nitrogen and oxygen atoms in total. The first-order valence-corrected chi connectivity index (χ1v) is 9.82. The number of para-hydroxylation sites is 3. The number of hydrogen-bond acceptors (Lipinski definition) is 4. The van der Waals surface area contributed by atoms with Gasteiger partial charge in [0.05, 0.1) is 22.6 Å². The van der Waals surface area contributed by atoms with Crippen molar-refractivity contribution in [2.24, 2.45) is 0 Å². The fourth-order valence-corrected chi connectivity index (χ4v) is 4.00. The Morgan fingerprint density at radius 3 is 2.55 bits per heavy atom. The van der Waals surface area contributed by atoms with Gasteiger partial charge in [0.25, 0.3) is 5.91 Å². The predicted octanol–water partition coefficient (Wildman–Crippen LogP) is 4.81. The zero-order chi connectivity index (χ0) is 21.5. The van der Waals surface area contributed by atoms with E-state index in [1.165, 1.54) is 24.3 Å². The molecule has 4 aromatic rings. The summed E-state index contributed by atoms with van der Waals surface area (Å²) in [4.78, 5) is 18.1. The number of carbonyl (C=O) groups excluding carboxylic acids is 1. The summed E-state index contributed by atoms with van der Waals surface area (Å²) in [7, 11) is 0. The van der Waals surface area contributed by atoms with Gasteiger partial charge in [0.1, 0.15) is 11.6 Å². The molecule has 1 unspecified atom stereocenters. The maximum atomic E-state index is 13.4. The SMILES string of the molecule is CC1=C(C(=O)Nc2ccc(F)cc2)C(c2ccccc2O)n2c(nc3ccccc32)N1. The molecular weight excluding hydrogens is 395 g/mol. The predicted molar refractivity (Wildman–Crippen MR) is 117 cm³/mol. The molecule has 31 heavy (non-hydrogen) atoms. The van der Waals surface area contributed by atoms with E-state index in [9.17, 15) is 14.3 Å². The summed E-state index contributed by atoms with van der Waals surface area (Å²) < 4.78 is 15.2. The van der Waals surface area contributed by atoms with Gasteiger partial charge >= 0.3 is 0 Å². The van der Waals surface area contributed by atoms with Crippen molar-refractivity contribution in [3.05, 3.63) is 95.4 Å². The minimum Gasteiger partial charge on any atom is -0.508 e. The van der Waals surface area contributed by atoms with Gasteiger partial charge in [-0.2, -0.15) is 0 Å².